The highest BCUT2D eigenvalue weighted by atomic mass is 16.6. The first kappa shape index (κ1) is 74.6. The van der Waals surface area contributed by atoms with Gasteiger partial charge < -0.3 is 14.2 Å². The van der Waals surface area contributed by atoms with E-state index in [0.717, 1.165) is 103 Å². The van der Waals surface area contributed by atoms with E-state index >= 15 is 0 Å². The van der Waals surface area contributed by atoms with E-state index in [0.29, 0.717) is 19.3 Å². The van der Waals surface area contributed by atoms with Crippen LogP contribution in [-0.4, -0.2) is 37.2 Å². The van der Waals surface area contributed by atoms with E-state index in [2.05, 4.69) is 106 Å². The van der Waals surface area contributed by atoms with Crippen molar-refractivity contribution >= 4 is 17.9 Å². The minimum atomic E-state index is -0.784. The van der Waals surface area contributed by atoms with Gasteiger partial charge in [-0.25, -0.2) is 0 Å². The first-order valence-corrected chi connectivity index (χ1v) is 33.6. The Morgan fingerprint density at radius 1 is 0.269 bits per heavy atom. The summed E-state index contributed by atoms with van der Waals surface area (Å²) < 4.78 is 17.0. The summed E-state index contributed by atoms with van der Waals surface area (Å²) in [6.45, 7) is 6.51. The molecule has 0 saturated carbocycles. The van der Waals surface area contributed by atoms with Gasteiger partial charge >= 0.3 is 17.9 Å². The van der Waals surface area contributed by atoms with Gasteiger partial charge in [0.05, 0.1) is 0 Å². The van der Waals surface area contributed by atoms with Crippen LogP contribution in [0.15, 0.2) is 85.1 Å². The molecule has 0 N–H and O–H groups in total. The quantitative estimate of drug-likeness (QED) is 0.0261. The third-order valence-electron chi connectivity index (χ3n) is 14.6. The zero-order valence-corrected chi connectivity index (χ0v) is 51.7. The number of unbranched alkanes of at least 4 members (excludes halogenated alkanes) is 36. The Kier molecular flexibility index (Phi) is 63.2. The van der Waals surface area contributed by atoms with E-state index in [1.54, 1.807) is 0 Å². The van der Waals surface area contributed by atoms with E-state index in [-0.39, 0.29) is 31.1 Å². The Labute approximate surface area is 484 Å². The van der Waals surface area contributed by atoms with Gasteiger partial charge in [0.1, 0.15) is 13.2 Å². The topological polar surface area (TPSA) is 78.9 Å². The van der Waals surface area contributed by atoms with Crippen LogP contribution in [-0.2, 0) is 28.6 Å². The lowest BCUT2D eigenvalue weighted by molar-refractivity contribution is -0.167. The average molecular weight is 1090 g/mol. The number of hydrogen-bond donors (Lipinski definition) is 0. The Morgan fingerprint density at radius 3 is 0.833 bits per heavy atom. The molecule has 0 spiro atoms. The van der Waals surface area contributed by atoms with Crippen molar-refractivity contribution in [1.82, 2.24) is 0 Å². The molecule has 0 radical (unpaired) electrons. The Balaban J connectivity index is 4.28. The molecular formula is C72H126O6. The smallest absolute Gasteiger partial charge is 0.306 e. The predicted molar refractivity (Wildman–Crippen MR) is 339 cm³/mol. The molecule has 1 unspecified atom stereocenters. The molecule has 0 aliphatic heterocycles. The fourth-order valence-electron chi connectivity index (χ4n) is 9.57. The standard InChI is InChI=1S/C72H126O6/c1-4-7-10-13-16-19-22-25-28-30-32-33-34-35-36-37-38-39-41-42-44-47-50-53-56-59-62-65-71(74)77-68-69(67-76-70(73)64-61-58-55-52-49-46-27-24-21-18-15-12-9-6-3)78-72(75)66-63-60-57-54-51-48-45-43-40-31-29-26-23-20-17-14-11-8-5-2/h7,10,15-16,18-19,24-29,32-33,69H,4-6,8-9,11-14,17,20-23,30-31,34-68H2,1-3H3/b10-7-,18-15-,19-16-,27-24-,28-25-,29-26-,33-32-. The second-order valence-corrected chi connectivity index (χ2v) is 22.3. The molecule has 6 heteroatoms. The molecule has 0 aliphatic carbocycles. The van der Waals surface area contributed by atoms with E-state index < -0.39 is 6.10 Å². The number of hydrogen-bond acceptors (Lipinski definition) is 6. The maximum atomic E-state index is 12.9. The summed E-state index contributed by atoms with van der Waals surface area (Å²) in [5, 5.41) is 0. The summed E-state index contributed by atoms with van der Waals surface area (Å²) in [5.41, 5.74) is 0. The van der Waals surface area contributed by atoms with Crippen LogP contribution in [0, 0.1) is 0 Å². The van der Waals surface area contributed by atoms with Crippen LogP contribution in [0.25, 0.3) is 0 Å². The monoisotopic (exact) mass is 1090 g/mol. The second kappa shape index (κ2) is 66.1. The van der Waals surface area contributed by atoms with Gasteiger partial charge in [-0.1, -0.05) is 292 Å². The van der Waals surface area contributed by atoms with Gasteiger partial charge in [0, 0.05) is 19.3 Å². The largest absolute Gasteiger partial charge is 0.462 e. The third kappa shape index (κ3) is 63.4. The minimum absolute atomic E-state index is 0.0798. The predicted octanol–water partition coefficient (Wildman–Crippen LogP) is 23.1. The highest BCUT2D eigenvalue weighted by molar-refractivity contribution is 5.71. The molecule has 0 amide bonds. The Bertz CT molecular complexity index is 1480. The summed E-state index contributed by atoms with van der Waals surface area (Å²) in [6.07, 6.45) is 87.4. The molecule has 6 nitrogen and oxygen atoms in total. The highest BCUT2D eigenvalue weighted by Gasteiger charge is 2.19. The molecule has 0 saturated heterocycles. The van der Waals surface area contributed by atoms with E-state index in [9.17, 15) is 14.4 Å². The fraction of sp³-hybridized carbons (Fsp3) is 0.764. The van der Waals surface area contributed by atoms with Gasteiger partial charge in [0.15, 0.2) is 6.10 Å². The fourth-order valence-corrected chi connectivity index (χ4v) is 9.57. The number of ether oxygens (including phenoxy) is 3. The molecule has 0 aromatic rings. The van der Waals surface area contributed by atoms with Crippen LogP contribution >= 0.6 is 0 Å². The number of esters is 3. The minimum Gasteiger partial charge on any atom is -0.462 e. The number of allylic oxidation sites excluding steroid dienone is 14. The maximum Gasteiger partial charge on any atom is 0.306 e. The van der Waals surface area contributed by atoms with Crippen molar-refractivity contribution in [3.8, 4) is 0 Å². The summed E-state index contributed by atoms with van der Waals surface area (Å²) >= 11 is 0. The first-order chi connectivity index (χ1) is 38.5. The van der Waals surface area contributed by atoms with Crippen molar-refractivity contribution in [2.75, 3.05) is 13.2 Å². The zero-order valence-electron chi connectivity index (χ0n) is 51.7. The molecule has 0 aromatic carbocycles. The van der Waals surface area contributed by atoms with Crippen molar-refractivity contribution < 1.29 is 28.6 Å². The molecule has 0 heterocycles. The van der Waals surface area contributed by atoms with Crippen molar-refractivity contribution in [3.63, 3.8) is 0 Å². The molecule has 450 valence electrons. The van der Waals surface area contributed by atoms with Crippen LogP contribution in [0.5, 0.6) is 0 Å². The van der Waals surface area contributed by atoms with Gasteiger partial charge in [-0.15, -0.1) is 0 Å². The molecule has 0 bridgehead atoms. The maximum absolute atomic E-state index is 12.9. The van der Waals surface area contributed by atoms with Crippen LogP contribution in [0.4, 0.5) is 0 Å². The van der Waals surface area contributed by atoms with Gasteiger partial charge in [-0.3, -0.25) is 14.4 Å². The molecule has 1 atom stereocenters. The highest BCUT2D eigenvalue weighted by Crippen LogP contribution is 2.17. The van der Waals surface area contributed by atoms with Gasteiger partial charge in [0.25, 0.3) is 0 Å². The van der Waals surface area contributed by atoms with Crippen molar-refractivity contribution in [2.24, 2.45) is 0 Å². The van der Waals surface area contributed by atoms with E-state index in [1.807, 2.05) is 0 Å². The third-order valence-corrected chi connectivity index (χ3v) is 14.6. The lowest BCUT2D eigenvalue weighted by Crippen LogP contribution is -2.30. The van der Waals surface area contributed by atoms with Crippen LogP contribution in [0.1, 0.15) is 335 Å². The van der Waals surface area contributed by atoms with Gasteiger partial charge in [-0.2, -0.15) is 0 Å². The normalized spacial score (nSPS) is 12.6. The lowest BCUT2D eigenvalue weighted by atomic mass is 10.0. The van der Waals surface area contributed by atoms with E-state index in [1.165, 1.54) is 193 Å². The molecule has 0 aromatic heterocycles. The second-order valence-electron chi connectivity index (χ2n) is 22.3. The summed E-state index contributed by atoms with van der Waals surface area (Å²) in [4.78, 5) is 38.4. The average Bonchev–Trinajstić information content (AvgIpc) is 3.44. The first-order valence-electron chi connectivity index (χ1n) is 33.6. The summed E-state index contributed by atoms with van der Waals surface area (Å²) in [6, 6.07) is 0. The Morgan fingerprint density at radius 2 is 0.513 bits per heavy atom. The lowest BCUT2D eigenvalue weighted by Gasteiger charge is -2.18. The molecule has 0 fully saturated rings. The molecular weight excluding hydrogens is 961 g/mol. The number of carbonyl (C=O) groups excluding carboxylic acids is 3. The van der Waals surface area contributed by atoms with Crippen LogP contribution < -0.4 is 0 Å². The number of rotatable bonds is 61. The van der Waals surface area contributed by atoms with Crippen molar-refractivity contribution in [1.29, 1.82) is 0 Å². The zero-order chi connectivity index (χ0) is 56.4. The van der Waals surface area contributed by atoms with Gasteiger partial charge in [0.2, 0.25) is 0 Å². The molecule has 0 rings (SSSR count). The van der Waals surface area contributed by atoms with Crippen LogP contribution in [0.3, 0.4) is 0 Å². The molecule has 0 aliphatic rings. The molecule has 78 heavy (non-hydrogen) atoms. The Hall–Kier alpha value is -3.41. The van der Waals surface area contributed by atoms with Crippen molar-refractivity contribution in [3.05, 3.63) is 85.1 Å². The number of carbonyl (C=O) groups is 3. The summed E-state index contributed by atoms with van der Waals surface area (Å²) in [5.74, 6) is -0.881. The van der Waals surface area contributed by atoms with Crippen molar-refractivity contribution in [2.45, 2.75) is 341 Å². The van der Waals surface area contributed by atoms with Crippen LogP contribution in [0.2, 0.25) is 0 Å². The van der Waals surface area contributed by atoms with Gasteiger partial charge in [-0.05, 0) is 109 Å². The summed E-state index contributed by atoms with van der Waals surface area (Å²) in [7, 11) is 0. The SMILES string of the molecule is CC/C=C\C/C=C\C/C=C\C/C=C\CCCCCCCCCCCCCCCCC(=O)OCC(COC(=O)CCCCCCC/C=C\C/C=C\CCCC)OC(=O)CCCCCCCCCCC/C=C\CCCCCCCC. The van der Waals surface area contributed by atoms with E-state index in [4.69, 9.17) is 14.2 Å².